The van der Waals surface area contributed by atoms with Crippen LogP contribution < -0.4 is 5.32 Å². The summed E-state index contributed by atoms with van der Waals surface area (Å²) in [6, 6.07) is 4.16. The molecule has 24 heavy (non-hydrogen) atoms. The third-order valence-electron chi connectivity index (χ3n) is 5.03. The molecule has 1 heterocycles. The zero-order chi connectivity index (χ0) is 16.4. The van der Waals surface area contributed by atoms with Crippen LogP contribution in [0.25, 0.3) is 0 Å². The van der Waals surface area contributed by atoms with E-state index < -0.39 is 11.7 Å². The van der Waals surface area contributed by atoms with Crippen molar-refractivity contribution in [2.45, 2.75) is 37.9 Å². The lowest BCUT2D eigenvalue weighted by Gasteiger charge is -2.39. The maximum absolute atomic E-state index is 13.1. The summed E-state index contributed by atoms with van der Waals surface area (Å²) >= 11 is 3.50. The molecule has 0 radical (unpaired) electrons. The topological polar surface area (TPSA) is 15.3 Å². The second kappa shape index (κ2) is 8.39. The Labute approximate surface area is 155 Å². The summed E-state index contributed by atoms with van der Waals surface area (Å²) in [6.07, 6.45) is 0.293. The van der Waals surface area contributed by atoms with Crippen molar-refractivity contribution < 1.29 is 13.2 Å². The van der Waals surface area contributed by atoms with E-state index in [1.165, 1.54) is 18.9 Å². The SMILES string of the molecule is Cl.FC(F)(F)c1ccc(Br)c([C@H](C2CCCC2)N2CCNCC2)c1. The highest BCUT2D eigenvalue weighted by Gasteiger charge is 2.36. The fraction of sp³-hybridized carbons (Fsp3) is 0.647. The van der Waals surface area contributed by atoms with Crippen LogP contribution in [0.3, 0.4) is 0 Å². The maximum Gasteiger partial charge on any atom is 0.416 e. The van der Waals surface area contributed by atoms with Crippen molar-refractivity contribution in [3.63, 3.8) is 0 Å². The fourth-order valence-electron chi connectivity index (χ4n) is 3.93. The van der Waals surface area contributed by atoms with E-state index in [9.17, 15) is 13.2 Å². The predicted octanol–water partition coefficient (Wildman–Crippen LogP) is 5.03. The van der Waals surface area contributed by atoms with Crippen molar-refractivity contribution in [1.82, 2.24) is 10.2 Å². The Morgan fingerprint density at radius 1 is 1.12 bits per heavy atom. The lowest BCUT2D eigenvalue weighted by molar-refractivity contribution is -0.137. The van der Waals surface area contributed by atoms with E-state index in [0.29, 0.717) is 5.92 Å². The van der Waals surface area contributed by atoms with Gasteiger partial charge in [-0.25, -0.2) is 0 Å². The van der Waals surface area contributed by atoms with Gasteiger partial charge in [0.05, 0.1) is 5.56 Å². The molecule has 1 atom stereocenters. The van der Waals surface area contributed by atoms with Crippen molar-refractivity contribution in [2.75, 3.05) is 26.2 Å². The Balaban J connectivity index is 0.00000208. The normalized spacial score (nSPS) is 21.5. The molecule has 2 fully saturated rings. The summed E-state index contributed by atoms with van der Waals surface area (Å²) in [4.78, 5) is 2.37. The summed E-state index contributed by atoms with van der Waals surface area (Å²) in [5.74, 6) is 0.452. The molecule has 0 aromatic heterocycles. The van der Waals surface area contributed by atoms with Crippen LogP contribution in [0.2, 0.25) is 0 Å². The first-order chi connectivity index (χ1) is 11.0. The van der Waals surface area contributed by atoms with Crippen LogP contribution in [-0.4, -0.2) is 31.1 Å². The van der Waals surface area contributed by atoms with Gasteiger partial charge in [0.15, 0.2) is 0 Å². The van der Waals surface area contributed by atoms with Gasteiger partial charge < -0.3 is 5.32 Å². The monoisotopic (exact) mass is 426 g/mol. The van der Waals surface area contributed by atoms with E-state index in [1.54, 1.807) is 6.07 Å². The molecule has 0 amide bonds. The number of hydrogen-bond donors (Lipinski definition) is 1. The number of halogens is 5. The van der Waals surface area contributed by atoms with Crippen molar-refractivity contribution in [3.8, 4) is 0 Å². The molecule has 1 aliphatic heterocycles. The van der Waals surface area contributed by atoms with Crippen LogP contribution >= 0.6 is 28.3 Å². The molecule has 0 spiro atoms. The zero-order valence-corrected chi connectivity index (χ0v) is 15.8. The minimum absolute atomic E-state index is 0. The molecule has 1 saturated heterocycles. The summed E-state index contributed by atoms with van der Waals surface area (Å²) < 4.78 is 40.2. The van der Waals surface area contributed by atoms with Crippen LogP contribution in [0.5, 0.6) is 0 Å². The Morgan fingerprint density at radius 2 is 1.75 bits per heavy atom. The molecule has 1 aromatic carbocycles. The minimum atomic E-state index is -4.29. The lowest BCUT2D eigenvalue weighted by atomic mass is 9.89. The van der Waals surface area contributed by atoms with Gasteiger partial charge in [-0.15, -0.1) is 12.4 Å². The molecule has 1 aliphatic carbocycles. The van der Waals surface area contributed by atoms with E-state index >= 15 is 0 Å². The van der Waals surface area contributed by atoms with Crippen molar-refractivity contribution in [1.29, 1.82) is 0 Å². The Morgan fingerprint density at radius 3 is 2.33 bits per heavy atom. The van der Waals surface area contributed by atoms with E-state index in [2.05, 4.69) is 26.1 Å². The first-order valence-electron chi connectivity index (χ1n) is 8.28. The molecule has 1 aromatic rings. The van der Waals surface area contributed by atoms with E-state index in [1.807, 2.05) is 0 Å². The highest BCUT2D eigenvalue weighted by Crippen LogP contribution is 2.43. The molecule has 136 valence electrons. The van der Waals surface area contributed by atoms with Crippen molar-refractivity contribution in [2.24, 2.45) is 5.92 Å². The van der Waals surface area contributed by atoms with Gasteiger partial charge in [0, 0.05) is 36.7 Å². The second-order valence-corrected chi connectivity index (χ2v) is 7.36. The standard InChI is InChI=1S/C17H22BrF3N2.ClH/c18-15-6-5-13(17(19,20)21)11-14(15)16(12-3-1-2-4-12)23-9-7-22-8-10-23;/h5-6,11-12,16,22H,1-4,7-10H2;1H/t16-;/m0./s1. The van der Waals surface area contributed by atoms with Gasteiger partial charge in [0.25, 0.3) is 0 Å². The number of hydrogen-bond acceptors (Lipinski definition) is 2. The van der Waals surface area contributed by atoms with Gasteiger partial charge in [-0.1, -0.05) is 28.8 Å². The molecule has 3 rings (SSSR count). The molecular weight excluding hydrogens is 405 g/mol. The summed E-state index contributed by atoms with van der Waals surface area (Å²) in [5.41, 5.74) is 0.252. The van der Waals surface area contributed by atoms with Gasteiger partial charge in [0.2, 0.25) is 0 Å². The van der Waals surface area contributed by atoms with Gasteiger partial charge in [-0.3, -0.25) is 4.90 Å². The average Bonchev–Trinajstić information content (AvgIpc) is 3.03. The molecule has 0 bridgehead atoms. The molecule has 7 heteroatoms. The number of rotatable bonds is 3. The van der Waals surface area contributed by atoms with E-state index in [4.69, 9.17) is 0 Å². The first-order valence-corrected chi connectivity index (χ1v) is 9.07. The zero-order valence-electron chi connectivity index (χ0n) is 13.4. The molecule has 1 saturated carbocycles. The fourth-order valence-corrected chi connectivity index (χ4v) is 4.41. The largest absolute Gasteiger partial charge is 0.416 e. The third kappa shape index (κ3) is 4.45. The Bertz CT molecular complexity index is 541. The highest BCUT2D eigenvalue weighted by molar-refractivity contribution is 9.10. The molecule has 1 N–H and O–H groups in total. The predicted molar refractivity (Wildman–Crippen MR) is 95.5 cm³/mol. The molecule has 0 unspecified atom stereocenters. The number of alkyl halides is 3. The maximum atomic E-state index is 13.1. The Hall–Kier alpha value is -0.300. The summed E-state index contributed by atoms with van der Waals surface area (Å²) in [7, 11) is 0. The number of piperazine rings is 1. The molecule has 2 aliphatic rings. The molecule has 2 nitrogen and oxygen atoms in total. The highest BCUT2D eigenvalue weighted by atomic mass is 79.9. The smallest absolute Gasteiger partial charge is 0.314 e. The first kappa shape index (κ1) is 20.0. The summed E-state index contributed by atoms with van der Waals surface area (Å²) in [6.45, 7) is 3.59. The van der Waals surface area contributed by atoms with Gasteiger partial charge >= 0.3 is 6.18 Å². The Kier molecular flexibility index (Phi) is 7.00. The second-order valence-electron chi connectivity index (χ2n) is 6.51. The number of nitrogens with zero attached hydrogens (tertiary/aromatic N) is 1. The third-order valence-corrected chi connectivity index (χ3v) is 5.76. The van der Waals surface area contributed by atoms with Gasteiger partial charge in [-0.05, 0) is 42.5 Å². The van der Waals surface area contributed by atoms with Crippen LogP contribution in [0, 0.1) is 5.92 Å². The van der Waals surface area contributed by atoms with Crippen LogP contribution in [0.15, 0.2) is 22.7 Å². The van der Waals surface area contributed by atoms with Crippen molar-refractivity contribution in [3.05, 3.63) is 33.8 Å². The van der Waals surface area contributed by atoms with E-state index in [0.717, 1.165) is 55.1 Å². The number of nitrogens with one attached hydrogen (secondary N) is 1. The van der Waals surface area contributed by atoms with E-state index in [-0.39, 0.29) is 18.4 Å². The van der Waals surface area contributed by atoms with Gasteiger partial charge in [-0.2, -0.15) is 13.2 Å². The quantitative estimate of drug-likeness (QED) is 0.728. The average molecular weight is 428 g/mol. The lowest BCUT2D eigenvalue weighted by Crippen LogP contribution is -2.46. The van der Waals surface area contributed by atoms with Gasteiger partial charge in [0.1, 0.15) is 0 Å². The summed E-state index contributed by atoms with van der Waals surface area (Å²) in [5, 5.41) is 3.33. The molecular formula is C17H23BrClF3N2. The minimum Gasteiger partial charge on any atom is -0.314 e. The van der Waals surface area contributed by atoms with Crippen molar-refractivity contribution >= 4 is 28.3 Å². The number of benzene rings is 1. The van der Waals surface area contributed by atoms with Crippen LogP contribution in [-0.2, 0) is 6.18 Å². The van der Waals surface area contributed by atoms with Crippen LogP contribution in [0.4, 0.5) is 13.2 Å². The van der Waals surface area contributed by atoms with Crippen LogP contribution in [0.1, 0.15) is 42.9 Å².